The number of phenols is 1. The van der Waals surface area contributed by atoms with Crippen molar-refractivity contribution in [3.63, 3.8) is 0 Å². The summed E-state index contributed by atoms with van der Waals surface area (Å²) in [4.78, 5) is 15.6. The number of nitrogens with zero attached hydrogens (tertiary/aromatic N) is 1. The fraction of sp³-hybridized carbons (Fsp3) is 0.111. The molecule has 5 nitrogen and oxygen atoms in total. The Balaban J connectivity index is 1.81. The minimum atomic E-state index is -1.17. The second-order valence-corrected chi connectivity index (χ2v) is 6.11. The lowest BCUT2D eigenvalue weighted by molar-refractivity contribution is 0.0694. The van der Waals surface area contributed by atoms with Crippen LogP contribution in [-0.4, -0.2) is 21.2 Å². The number of thiazole rings is 1. The molecule has 0 unspecified atom stereocenters. The number of carboxylic acids is 1. The van der Waals surface area contributed by atoms with Crippen molar-refractivity contribution in [3.8, 4) is 17.0 Å². The Labute approximate surface area is 143 Å². The summed E-state index contributed by atoms with van der Waals surface area (Å²) >= 11 is 1.44. The average Bonchev–Trinajstić information content (AvgIpc) is 3.05. The van der Waals surface area contributed by atoms with Crippen LogP contribution in [0.4, 0.5) is 10.8 Å². The maximum Gasteiger partial charge on any atom is 0.339 e. The second kappa shape index (κ2) is 6.72. The van der Waals surface area contributed by atoms with Crippen LogP contribution in [0.1, 0.15) is 22.8 Å². The van der Waals surface area contributed by atoms with Crippen LogP contribution in [0, 0.1) is 0 Å². The zero-order valence-electron chi connectivity index (χ0n) is 13.0. The topological polar surface area (TPSA) is 82.5 Å². The van der Waals surface area contributed by atoms with Gasteiger partial charge in [0.2, 0.25) is 0 Å². The van der Waals surface area contributed by atoms with Crippen LogP contribution in [-0.2, 0) is 6.42 Å². The molecular weight excluding hydrogens is 324 g/mol. The smallest absolute Gasteiger partial charge is 0.339 e. The predicted molar refractivity (Wildman–Crippen MR) is 95.3 cm³/mol. The molecule has 0 atom stereocenters. The standard InChI is InChI=1S/C18H16N2O3S/c1-2-11-3-5-12(6-4-11)15-10-24-18(20-15)19-13-7-8-16(21)14(9-13)17(22)23/h3-10,21H,2H2,1H3,(H,19,20)(H,22,23). The monoisotopic (exact) mass is 340 g/mol. The largest absolute Gasteiger partial charge is 0.507 e. The van der Waals surface area contributed by atoms with E-state index in [1.807, 2.05) is 17.5 Å². The fourth-order valence-electron chi connectivity index (χ4n) is 2.28. The van der Waals surface area contributed by atoms with Crippen LogP contribution < -0.4 is 5.32 Å². The van der Waals surface area contributed by atoms with E-state index in [2.05, 4.69) is 29.4 Å². The van der Waals surface area contributed by atoms with Crippen molar-refractivity contribution in [1.82, 2.24) is 4.98 Å². The van der Waals surface area contributed by atoms with Gasteiger partial charge in [0.25, 0.3) is 0 Å². The lowest BCUT2D eigenvalue weighted by atomic mass is 10.1. The Morgan fingerprint density at radius 2 is 1.96 bits per heavy atom. The van der Waals surface area contributed by atoms with Gasteiger partial charge in [0.05, 0.1) is 5.69 Å². The number of hydrogen-bond donors (Lipinski definition) is 3. The number of carbonyl (C=O) groups is 1. The molecule has 3 aromatic rings. The van der Waals surface area contributed by atoms with Crippen LogP contribution in [0.15, 0.2) is 47.8 Å². The Morgan fingerprint density at radius 3 is 2.62 bits per heavy atom. The summed E-state index contributed by atoms with van der Waals surface area (Å²) in [7, 11) is 0. The average molecular weight is 340 g/mol. The summed E-state index contributed by atoms with van der Waals surface area (Å²) in [5, 5.41) is 24.3. The Bertz CT molecular complexity index is 872. The van der Waals surface area contributed by atoms with Crippen LogP contribution in [0.3, 0.4) is 0 Å². The Kier molecular flexibility index (Phi) is 4.48. The number of anilines is 2. The van der Waals surface area contributed by atoms with Gasteiger partial charge in [-0.15, -0.1) is 11.3 Å². The molecule has 0 bridgehead atoms. The van der Waals surface area contributed by atoms with E-state index in [4.69, 9.17) is 5.11 Å². The zero-order valence-corrected chi connectivity index (χ0v) is 13.8. The molecule has 24 heavy (non-hydrogen) atoms. The first-order chi connectivity index (χ1) is 11.6. The van der Waals surface area contributed by atoms with E-state index in [1.54, 1.807) is 6.07 Å². The van der Waals surface area contributed by atoms with Crippen molar-refractivity contribution in [1.29, 1.82) is 0 Å². The van der Waals surface area contributed by atoms with Crippen molar-refractivity contribution in [3.05, 3.63) is 59.0 Å². The number of aryl methyl sites for hydroxylation is 1. The van der Waals surface area contributed by atoms with Crippen molar-refractivity contribution in [2.75, 3.05) is 5.32 Å². The molecule has 0 aliphatic rings. The minimum Gasteiger partial charge on any atom is -0.507 e. The maximum absolute atomic E-state index is 11.1. The highest BCUT2D eigenvalue weighted by atomic mass is 32.1. The van der Waals surface area contributed by atoms with Crippen LogP contribution in [0.25, 0.3) is 11.3 Å². The van der Waals surface area contributed by atoms with Gasteiger partial charge in [-0.05, 0) is 30.2 Å². The van der Waals surface area contributed by atoms with Gasteiger partial charge in [0.1, 0.15) is 11.3 Å². The van der Waals surface area contributed by atoms with Crippen molar-refractivity contribution < 1.29 is 15.0 Å². The fourth-order valence-corrected chi connectivity index (χ4v) is 3.02. The molecule has 6 heteroatoms. The summed E-state index contributed by atoms with van der Waals surface area (Å²) in [5.74, 6) is -1.43. The third-order valence-electron chi connectivity index (χ3n) is 3.64. The molecule has 0 spiro atoms. The maximum atomic E-state index is 11.1. The third kappa shape index (κ3) is 3.38. The number of nitrogens with one attached hydrogen (secondary N) is 1. The van der Waals surface area contributed by atoms with Gasteiger partial charge in [-0.25, -0.2) is 9.78 Å². The molecule has 0 fully saturated rings. The Morgan fingerprint density at radius 1 is 1.21 bits per heavy atom. The molecule has 122 valence electrons. The minimum absolute atomic E-state index is 0.146. The molecule has 0 radical (unpaired) electrons. The lowest BCUT2D eigenvalue weighted by Gasteiger charge is -2.05. The predicted octanol–water partition coefficient (Wildman–Crippen LogP) is 4.52. The summed E-state index contributed by atoms with van der Waals surface area (Å²) in [6, 6.07) is 12.6. The molecule has 3 rings (SSSR count). The molecule has 0 amide bonds. The first kappa shape index (κ1) is 16.0. The van der Waals surface area contributed by atoms with Crippen molar-refractivity contribution in [2.24, 2.45) is 0 Å². The van der Waals surface area contributed by atoms with E-state index in [1.165, 1.54) is 29.0 Å². The number of aromatic carboxylic acids is 1. The van der Waals surface area contributed by atoms with Gasteiger partial charge in [-0.1, -0.05) is 31.2 Å². The summed E-state index contributed by atoms with van der Waals surface area (Å²) in [6.45, 7) is 2.11. The SMILES string of the molecule is CCc1ccc(-c2csc(Nc3ccc(O)c(C(=O)O)c3)n2)cc1. The van der Waals surface area contributed by atoms with Crippen LogP contribution in [0.2, 0.25) is 0 Å². The molecule has 0 saturated carbocycles. The summed E-state index contributed by atoms with van der Waals surface area (Å²) < 4.78 is 0. The zero-order chi connectivity index (χ0) is 17.1. The van der Waals surface area contributed by atoms with Gasteiger partial charge >= 0.3 is 5.97 Å². The molecule has 0 aliphatic heterocycles. The van der Waals surface area contributed by atoms with E-state index in [0.717, 1.165) is 17.7 Å². The molecule has 0 saturated heterocycles. The number of rotatable bonds is 5. The number of hydrogen-bond acceptors (Lipinski definition) is 5. The van der Waals surface area contributed by atoms with Crippen molar-refractivity contribution >= 4 is 28.1 Å². The highest BCUT2D eigenvalue weighted by Crippen LogP contribution is 2.29. The normalized spacial score (nSPS) is 10.5. The second-order valence-electron chi connectivity index (χ2n) is 5.25. The number of aromatic nitrogens is 1. The van der Waals surface area contributed by atoms with Crippen LogP contribution in [0.5, 0.6) is 5.75 Å². The molecule has 1 heterocycles. The van der Waals surface area contributed by atoms with E-state index in [9.17, 15) is 9.90 Å². The highest BCUT2D eigenvalue weighted by molar-refractivity contribution is 7.14. The van der Waals surface area contributed by atoms with E-state index < -0.39 is 5.97 Å². The quantitative estimate of drug-likeness (QED) is 0.595. The van der Waals surface area contributed by atoms with Gasteiger partial charge in [-0.3, -0.25) is 0 Å². The molecule has 0 aliphatic carbocycles. The summed E-state index contributed by atoms with van der Waals surface area (Å²) in [5.41, 5.74) is 3.59. The van der Waals surface area contributed by atoms with Crippen molar-refractivity contribution in [2.45, 2.75) is 13.3 Å². The van der Waals surface area contributed by atoms with Gasteiger partial charge in [-0.2, -0.15) is 0 Å². The molecule has 1 aromatic heterocycles. The molecule has 2 aromatic carbocycles. The number of benzene rings is 2. The van der Waals surface area contributed by atoms with Crippen LogP contribution >= 0.6 is 11.3 Å². The third-order valence-corrected chi connectivity index (χ3v) is 4.40. The molecule has 3 N–H and O–H groups in total. The van der Waals surface area contributed by atoms with Gasteiger partial charge in [0.15, 0.2) is 5.13 Å². The summed E-state index contributed by atoms with van der Waals surface area (Å²) in [6.07, 6.45) is 0.997. The van der Waals surface area contributed by atoms with E-state index >= 15 is 0 Å². The Hall–Kier alpha value is -2.86. The lowest BCUT2D eigenvalue weighted by Crippen LogP contribution is -1.98. The highest BCUT2D eigenvalue weighted by Gasteiger charge is 2.11. The molecular formula is C18H16N2O3S. The van der Waals surface area contributed by atoms with Gasteiger partial charge < -0.3 is 15.5 Å². The van der Waals surface area contributed by atoms with E-state index in [0.29, 0.717) is 10.8 Å². The number of aromatic hydroxyl groups is 1. The number of carboxylic acid groups (broad SMARTS) is 1. The first-order valence-electron chi connectivity index (χ1n) is 7.45. The first-order valence-corrected chi connectivity index (χ1v) is 8.33. The van der Waals surface area contributed by atoms with E-state index in [-0.39, 0.29) is 11.3 Å². The van der Waals surface area contributed by atoms with Gasteiger partial charge in [0, 0.05) is 16.6 Å².